The van der Waals surface area contributed by atoms with Gasteiger partial charge in [0.05, 0.1) is 6.04 Å². The van der Waals surface area contributed by atoms with E-state index < -0.39 is 5.60 Å². The predicted octanol–water partition coefficient (Wildman–Crippen LogP) is 2.21. The van der Waals surface area contributed by atoms with Crippen molar-refractivity contribution in [3.8, 4) is 0 Å². The van der Waals surface area contributed by atoms with Crippen LogP contribution in [0.15, 0.2) is 6.33 Å². The SMILES string of the molecule is CN1NN(C2CCCN(C(=O)OC(C)(C)C)C2)c2ncnc(Cl)c21. The van der Waals surface area contributed by atoms with Gasteiger partial charge in [0.25, 0.3) is 0 Å². The summed E-state index contributed by atoms with van der Waals surface area (Å²) in [5.74, 6) is 0.730. The van der Waals surface area contributed by atoms with E-state index in [9.17, 15) is 4.79 Å². The first-order chi connectivity index (χ1) is 11.3. The van der Waals surface area contributed by atoms with E-state index in [1.807, 2.05) is 32.8 Å². The number of hydrazine groups is 2. The van der Waals surface area contributed by atoms with Gasteiger partial charge in [0.15, 0.2) is 11.0 Å². The first kappa shape index (κ1) is 17.0. The Morgan fingerprint density at radius 1 is 1.42 bits per heavy atom. The molecule has 2 aliphatic rings. The van der Waals surface area contributed by atoms with Gasteiger partial charge < -0.3 is 9.64 Å². The number of amides is 1. The summed E-state index contributed by atoms with van der Waals surface area (Å²) in [4.78, 5) is 22.5. The van der Waals surface area contributed by atoms with Crippen molar-refractivity contribution < 1.29 is 9.53 Å². The molecule has 24 heavy (non-hydrogen) atoms. The van der Waals surface area contributed by atoms with Crippen molar-refractivity contribution in [2.24, 2.45) is 0 Å². The zero-order valence-electron chi connectivity index (χ0n) is 14.4. The standard InChI is InChI=1S/C15H23ClN6O2/c1-15(2,3)24-14(23)21-7-5-6-10(8-21)22-13-11(20(4)19-22)12(16)17-9-18-13/h9-10,19H,5-8H2,1-4H3. The number of nitrogens with one attached hydrogen (secondary N) is 1. The summed E-state index contributed by atoms with van der Waals surface area (Å²) < 4.78 is 5.49. The van der Waals surface area contributed by atoms with E-state index in [4.69, 9.17) is 16.3 Å². The van der Waals surface area contributed by atoms with Crippen molar-refractivity contribution in [2.75, 3.05) is 30.2 Å². The Kier molecular flexibility index (Phi) is 4.44. The molecule has 1 aromatic rings. The number of hydrogen-bond donors (Lipinski definition) is 1. The molecule has 1 N–H and O–H groups in total. The lowest BCUT2D eigenvalue weighted by molar-refractivity contribution is 0.0195. The lowest BCUT2D eigenvalue weighted by Gasteiger charge is -2.38. The average molecular weight is 355 g/mol. The van der Waals surface area contributed by atoms with Gasteiger partial charge in [0.2, 0.25) is 0 Å². The number of fused-ring (bicyclic) bond motifs is 1. The van der Waals surface area contributed by atoms with Crippen LogP contribution in [-0.2, 0) is 4.74 Å². The summed E-state index contributed by atoms with van der Waals surface area (Å²) in [5.41, 5.74) is 3.49. The molecule has 1 aromatic heterocycles. The fraction of sp³-hybridized carbons (Fsp3) is 0.667. The van der Waals surface area contributed by atoms with E-state index in [1.165, 1.54) is 6.33 Å². The number of likely N-dealkylation sites (tertiary alicyclic amines) is 1. The number of piperidine rings is 1. The molecule has 9 heteroatoms. The number of hydrogen-bond acceptors (Lipinski definition) is 7. The molecule has 0 aliphatic carbocycles. The Labute approximate surface area is 146 Å². The molecule has 1 unspecified atom stereocenters. The summed E-state index contributed by atoms with van der Waals surface area (Å²) in [6, 6.07) is 0.0842. The molecule has 0 spiro atoms. The Morgan fingerprint density at radius 3 is 2.88 bits per heavy atom. The maximum atomic E-state index is 12.3. The topological polar surface area (TPSA) is 73.8 Å². The number of aromatic nitrogens is 2. The van der Waals surface area contributed by atoms with Crippen LogP contribution in [0, 0.1) is 0 Å². The van der Waals surface area contributed by atoms with Gasteiger partial charge in [0, 0.05) is 20.1 Å². The average Bonchev–Trinajstić information content (AvgIpc) is 2.84. The van der Waals surface area contributed by atoms with Crippen LogP contribution in [0.25, 0.3) is 0 Å². The number of carbonyl (C=O) groups excluding carboxylic acids is 1. The van der Waals surface area contributed by atoms with E-state index >= 15 is 0 Å². The second-order valence-electron chi connectivity index (χ2n) is 7.09. The highest BCUT2D eigenvalue weighted by atomic mass is 35.5. The zero-order chi connectivity index (χ0) is 17.5. The van der Waals surface area contributed by atoms with E-state index in [-0.39, 0.29) is 12.1 Å². The van der Waals surface area contributed by atoms with Crippen LogP contribution in [0.1, 0.15) is 33.6 Å². The molecule has 1 amide bonds. The summed E-state index contributed by atoms with van der Waals surface area (Å²) in [6.45, 7) is 6.89. The molecule has 1 saturated heterocycles. The van der Waals surface area contributed by atoms with Crippen molar-refractivity contribution in [3.63, 3.8) is 0 Å². The molecule has 3 heterocycles. The predicted molar refractivity (Wildman–Crippen MR) is 91.9 cm³/mol. The molecule has 1 fully saturated rings. The molecule has 1 atom stereocenters. The van der Waals surface area contributed by atoms with E-state index in [2.05, 4.69) is 15.5 Å². The third kappa shape index (κ3) is 3.34. The summed E-state index contributed by atoms with van der Waals surface area (Å²) in [5, 5.41) is 4.15. The second kappa shape index (κ2) is 6.25. The largest absolute Gasteiger partial charge is 0.444 e. The van der Waals surface area contributed by atoms with Crippen molar-refractivity contribution in [2.45, 2.75) is 45.3 Å². The van der Waals surface area contributed by atoms with Crippen LogP contribution in [-0.4, -0.2) is 52.7 Å². The molecule has 0 saturated carbocycles. The number of rotatable bonds is 1. The highest BCUT2D eigenvalue weighted by Gasteiger charge is 2.36. The number of halogens is 1. The fourth-order valence-electron chi connectivity index (χ4n) is 2.98. The number of ether oxygens (including phenoxy) is 1. The minimum atomic E-state index is -0.497. The Morgan fingerprint density at radius 2 is 2.17 bits per heavy atom. The van der Waals surface area contributed by atoms with Gasteiger partial charge in [-0.1, -0.05) is 11.6 Å². The Hall–Kier alpha value is -1.80. The van der Waals surface area contributed by atoms with Gasteiger partial charge in [-0.3, -0.25) is 10.0 Å². The first-order valence-electron chi connectivity index (χ1n) is 8.04. The van der Waals surface area contributed by atoms with E-state index in [0.29, 0.717) is 18.2 Å². The highest BCUT2D eigenvalue weighted by molar-refractivity contribution is 6.32. The van der Waals surface area contributed by atoms with E-state index in [0.717, 1.165) is 24.3 Å². The molecule has 0 bridgehead atoms. The van der Waals surface area contributed by atoms with Crippen LogP contribution in [0.5, 0.6) is 0 Å². The molecular weight excluding hydrogens is 332 g/mol. The van der Waals surface area contributed by atoms with Gasteiger partial charge in [-0.2, -0.15) is 0 Å². The lowest BCUT2D eigenvalue weighted by Crippen LogP contribution is -2.56. The van der Waals surface area contributed by atoms with Crippen LogP contribution in [0.4, 0.5) is 16.3 Å². The van der Waals surface area contributed by atoms with Crippen LogP contribution in [0.3, 0.4) is 0 Å². The zero-order valence-corrected chi connectivity index (χ0v) is 15.2. The summed E-state index contributed by atoms with van der Waals surface area (Å²) in [7, 11) is 1.86. The van der Waals surface area contributed by atoms with Gasteiger partial charge in [-0.05, 0) is 33.6 Å². The third-order valence-electron chi connectivity index (χ3n) is 3.99. The highest BCUT2D eigenvalue weighted by Crippen LogP contribution is 2.37. The normalized spacial score (nSPS) is 21.0. The van der Waals surface area contributed by atoms with Crippen LogP contribution in [0.2, 0.25) is 5.15 Å². The number of nitrogens with zero attached hydrogens (tertiary/aromatic N) is 5. The molecule has 132 valence electrons. The summed E-state index contributed by atoms with van der Waals surface area (Å²) >= 11 is 6.18. The first-order valence-corrected chi connectivity index (χ1v) is 8.42. The summed E-state index contributed by atoms with van der Waals surface area (Å²) in [6.07, 6.45) is 3.02. The van der Waals surface area contributed by atoms with Crippen molar-refractivity contribution in [1.29, 1.82) is 0 Å². The van der Waals surface area contributed by atoms with Crippen molar-refractivity contribution in [1.82, 2.24) is 20.4 Å². The number of anilines is 2. The molecule has 2 aliphatic heterocycles. The van der Waals surface area contributed by atoms with Crippen LogP contribution < -0.4 is 15.6 Å². The number of carbonyl (C=O) groups is 1. The second-order valence-corrected chi connectivity index (χ2v) is 7.45. The molecule has 3 rings (SSSR count). The lowest BCUT2D eigenvalue weighted by atomic mass is 10.1. The fourth-order valence-corrected chi connectivity index (χ4v) is 3.24. The monoisotopic (exact) mass is 354 g/mol. The minimum Gasteiger partial charge on any atom is -0.444 e. The van der Waals surface area contributed by atoms with Crippen molar-refractivity contribution in [3.05, 3.63) is 11.5 Å². The molecule has 0 radical (unpaired) electrons. The van der Waals surface area contributed by atoms with Gasteiger partial charge in [-0.15, -0.1) is 5.53 Å². The molecular formula is C15H23ClN6O2. The Bertz CT molecular complexity index is 635. The third-order valence-corrected chi connectivity index (χ3v) is 4.27. The maximum absolute atomic E-state index is 12.3. The Balaban J connectivity index is 1.75. The van der Waals surface area contributed by atoms with E-state index in [1.54, 1.807) is 9.91 Å². The quantitative estimate of drug-likeness (QED) is 0.775. The molecule has 0 aromatic carbocycles. The van der Waals surface area contributed by atoms with Gasteiger partial charge in [-0.25, -0.2) is 14.8 Å². The molecule has 8 nitrogen and oxygen atoms in total. The minimum absolute atomic E-state index is 0.0842. The van der Waals surface area contributed by atoms with Crippen LogP contribution >= 0.6 is 11.6 Å². The van der Waals surface area contributed by atoms with Gasteiger partial charge in [0.1, 0.15) is 17.6 Å². The maximum Gasteiger partial charge on any atom is 0.410 e. The van der Waals surface area contributed by atoms with Gasteiger partial charge >= 0.3 is 6.09 Å². The van der Waals surface area contributed by atoms with Crippen molar-refractivity contribution >= 4 is 29.2 Å². The smallest absolute Gasteiger partial charge is 0.410 e.